The molecule has 0 fully saturated rings. The van der Waals surface area contributed by atoms with Crippen molar-refractivity contribution in [2.24, 2.45) is 0 Å². The maximum Gasteiger partial charge on any atom is 0.219 e. The lowest BCUT2D eigenvalue weighted by Crippen LogP contribution is -2.15. The Morgan fingerprint density at radius 2 is 1.20 bits per heavy atom. The van der Waals surface area contributed by atoms with Crippen LogP contribution in [-0.2, 0) is 0 Å². The zero-order chi connectivity index (χ0) is 35.5. The van der Waals surface area contributed by atoms with E-state index in [-0.39, 0.29) is 0 Å². The number of ether oxygens (including phenoxy) is 1. The first-order valence-corrected chi connectivity index (χ1v) is 17.8. The number of benzene rings is 5. The number of hydrogen-bond donors (Lipinski definition) is 0. The van der Waals surface area contributed by atoms with Gasteiger partial charge in [-0.2, -0.15) is 0 Å². The highest BCUT2D eigenvalue weighted by Gasteiger charge is 2.21. The first-order valence-electron chi connectivity index (χ1n) is 17.8. The number of rotatable bonds is 11. The van der Waals surface area contributed by atoms with Gasteiger partial charge in [-0.05, 0) is 76.9 Å². The Morgan fingerprint density at radius 1 is 0.588 bits per heavy atom. The number of anilines is 3. The molecule has 0 unspecified atom stereocenters. The topological polar surface area (TPSA) is 48.1 Å². The summed E-state index contributed by atoms with van der Waals surface area (Å²) in [4.78, 5) is 11.9. The summed E-state index contributed by atoms with van der Waals surface area (Å²) in [6.07, 6.45) is 7.95. The molecule has 0 bridgehead atoms. The Labute approximate surface area is 301 Å². The molecule has 0 N–H and O–H groups in total. The van der Waals surface area contributed by atoms with Crippen molar-refractivity contribution < 1.29 is 4.74 Å². The van der Waals surface area contributed by atoms with Gasteiger partial charge in [0.15, 0.2) is 0 Å². The van der Waals surface area contributed by atoms with E-state index in [0.29, 0.717) is 17.8 Å². The van der Waals surface area contributed by atoms with Crippen LogP contribution in [0.4, 0.5) is 17.3 Å². The van der Waals surface area contributed by atoms with E-state index in [1.165, 1.54) is 22.4 Å². The van der Waals surface area contributed by atoms with Crippen LogP contribution in [0.5, 0.6) is 11.5 Å². The predicted molar refractivity (Wildman–Crippen MR) is 210 cm³/mol. The quantitative estimate of drug-likeness (QED) is 0.137. The van der Waals surface area contributed by atoms with Gasteiger partial charge in [0.25, 0.3) is 0 Å². The summed E-state index contributed by atoms with van der Waals surface area (Å²) in [5, 5.41) is 0. The minimum atomic E-state index is 0.358. The summed E-state index contributed by atoms with van der Waals surface area (Å²) in [5.74, 6) is 3.41. The fourth-order valence-corrected chi connectivity index (χ4v) is 6.75. The summed E-state index contributed by atoms with van der Waals surface area (Å²) >= 11 is 0. The van der Waals surface area contributed by atoms with Gasteiger partial charge in [-0.1, -0.05) is 114 Å². The third kappa shape index (κ3) is 6.95. The van der Waals surface area contributed by atoms with Crippen molar-refractivity contribution in [3.8, 4) is 34.1 Å². The van der Waals surface area contributed by atoms with E-state index in [9.17, 15) is 0 Å². The normalized spacial score (nSPS) is 11.5. The summed E-state index contributed by atoms with van der Waals surface area (Å²) in [6, 6.07) is 41.8. The number of imidazole rings is 2. The smallest absolute Gasteiger partial charge is 0.219 e. The van der Waals surface area contributed by atoms with Crippen LogP contribution >= 0.6 is 0 Å². The van der Waals surface area contributed by atoms with E-state index >= 15 is 0 Å². The van der Waals surface area contributed by atoms with Crippen LogP contribution in [0.15, 0.2) is 146 Å². The van der Waals surface area contributed by atoms with Crippen molar-refractivity contribution in [1.82, 2.24) is 19.1 Å². The Morgan fingerprint density at radius 3 is 1.92 bits per heavy atom. The summed E-state index contributed by atoms with van der Waals surface area (Å²) in [6.45, 7) is 13.4. The van der Waals surface area contributed by atoms with Crippen molar-refractivity contribution in [1.29, 1.82) is 0 Å². The van der Waals surface area contributed by atoms with Crippen molar-refractivity contribution in [2.75, 3.05) is 4.90 Å². The molecule has 2 aromatic heterocycles. The van der Waals surface area contributed by atoms with Gasteiger partial charge in [-0.25, -0.2) is 9.97 Å². The van der Waals surface area contributed by atoms with Crippen molar-refractivity contribution in [2.45, 2.75) is 59.3 Å². The van der Waals surface area contributed by atoms with Crippen LogP contribution in [0.25, 0.3) is 22.6 Å². The third-order valence-corrected chi connectivity index (χ3v) is 9.28. The molecule has 0 radical (unpaired) electrons. The molecule has 256 valence electrons. The third-order valence-electron chi connectivity index (χ3n) is 9.28. The monoisotopic (exact) mass is 671 g/mol. The Hall–Kier alpha value is -5.88. The molecule has 7 aromatic rings. The van der Waals surface area contributed by atoms with Crippen molar-refractivity contribution >= 4 is 17.3 Å². The number of hydrogen-bond acceptors (Lipinski definition) is 4. The first-order chi connectivity index (χ1) is 24.8. The lowest BCUT2D eigenvalue weighted by Gasteiger charge is -2.26. The maximum absolute atomic E-state index is 6.55. The maximum atomic E-state index is 6.55. The van der Waals surface area contributed by atoms with Gasteiger partial charge in [0.1, 0.15) is 11.5 Å². The van der Waals surface area contributed by atoms with Crippen LogP contribution in [0.3, 0.4) is 0 Å². The lowest BCUT2D eigenvalue weighted by atomic mass is 9.92. The minimum absolute atomic E-state index is 0.358. The Bertz CT molecular complexity index is 2220. The van der Waals surface area contributed by atoms with E-state index in [2.05, 4.69) is 153 Å². The molecular weight excluding hydrogens is 627 g/mol. The largest absolute Gasteiger partial charge is 0.457 e. The van der Waals surface area contributed by atoms with Crippen molar-refractivity contribution in [3.05, 3.63) is 163 Å². The molecule has 5 aromatic carbocycles. The van der Waals surface area contributed by atoms with Crippen LogP contribution < -0.4 is 9.64 Å². The average molecular weight is 672 g/mol. The van der Waals surface area contributed by atoms with E-state index < -0.39 is 0 Å². The Kier molecular flexibility index (Phi) is 9.58. The van der Waals surface area contributed by atoms with E-state index in [1.54, 1.807) is 0 Å². The molecule has 2 heterocycles. The molecule has 0 aliphatic carbocycles. The summed E-state index contributed by atoms with van der Waals surface area (Å²) < 4.78 is 10.9. The highest BCUT2D eigenvalue weighted by molar-refractivity contribution is 5.75. The van der Waals surface area contributed by atoms with Gasteiger partial charge >= 0.3 is 0 Å². The second kappa shape index (κ2) is 14.5. The van der Waals surface area contributed by atoms with E-state index in [1.807, 2.05) is 49.1 Å². The molecule has 7 rings (SSSR count). The molecule has 0 atom stereocenters. The molecule has 0 saturated carbocycles. The standard InChI is InChI=1S/C45H45N5O/c1-31(2)39-21-10-11-24-43(39)49-26-25-46-45(49)50(35-16-8-7-9-17-35)36-18-13-20-38(28-36)51-37-19-12-15-34(27-37)42-29-48(30-47-42)44-40(32(3)4)22-14-23-41(44)33(5)6/h7-33H,1-6H3. The Balaban J connectivity index is 1.22. The fourth-order valence-electron chi connectivity index (χ4n) is 6.75. The first kappa shape index (κ1) is 33.6. The number of aromatic nitrogens is 4. The van der Waals surface area contributed by atoms with Gasteiger partial charge in [0.2, 0.25) is 5.95 Å². The fraction of sp³-hybridized carbons (Fsp3) is 0.200. The molecule has 0 aliphatic rings. The summed E-state index contributed by atoms with van der Waals surface area (Å²) in [7, 11) is 0. The van der Waals surface area contributed by atoms with Crippen LogP contribution in [0.1, 0.15) is 76.0 Å². The van der Waals surface area contributed by atoms with Crippen LogP contribution in [-0.4, -0.2) is 19.1 Å². The highest BCUT2D eigenvalue weighted by atomic mass is 16.5. The van der Waals surface area contributed by atoms with Gasteiger partial charge in [0, 0.05) is 35.9 Å². The molecule has 0 saturated heterocycles. The second-order valence-corrected chi connectivity index (χ2v) is 13.9. The average Bonchev–Trinajstić information content (AvgIpc) is 3.83. The SMILES string of the molecule is CC(C)c1ccccc1-n1ccnc1N(c1ccccc1)c1cccc(Oc2cccc(-c3cn(-c4c(C(C)C)cccc4C(C)C)cn3)c2)c1. The minimum Gasteiger partial charge on any atom is -0.457 e. The molecule has 6 heteroatoms. The molecule has 6 nitrogen and oxygen atoms in total. The van der Waals surface area contributed by atoms with Gasteiger partial charge < -0.3 is 9.30 Å². The zero-order valence-electron chi connectivity index (χ0n) is 30.2. The lowest BCUT2D eigenvalue weighted by molar-refractivity contribution is 0.483. The molecular formula is C45H45N5O. The highest BCUT2D eigenvalue weighted by Crippen LogP contribution is 2.39. The number of para-hydroxylation sites is 3. The van der Waals surface area contributed by atoms with Gasteiger partial charge in [0.05, 0.1) is 29.1 Å². The van der Waals surface area contributed by atoms with E-state index in [0.717, 1.165) is 45.8 Å². The molecule has 0 amide bonds. The predicted octanol–water partition coefficient (Wildman–Crippen LogP) is 12.4. The molecule has 51 heavy (non-hydrogen) atoms. The van der Waals surface area contributed by atoms with Crippen LogP contribution in [0, 0.1) is 0 Å². The second-order valence-electron chi connectivity index (χ2n) is 13.9. The number of nitrogens with zero attached hydrogens (tertiary/aromatic N) is 5. The molecule has 0 aliphatic heterocycles. The van der Waals surface area contributed by atoms with Gasteiger partial charge in [-0.3, -0.25) is 9.47 Å². The van der Waals surface area contributed by atoms with Crippen LogP contribution in [0.2, 0.25) is 0 Å². The zero-order valence-corrected chi connectivity index (χ0v) is 30.2. The summed E-state index contributed by atoms with van der Waals surface area (Å²) in [5.41, 5.74) is 10.1. The molecule has 0 spiro atoms. The van der Waals surface area contributed by atoms with Crippen molar-refractivity contribution in [3.63, 3.8) is 0 Å². The van der Waals surface area contributed by atoms with Gasteiger partial charge in [-0.15, -0.1) is 0 Å². The van der Waals surface area contributed by atoms with E-state index in [4.69, 9.17) is 14.7 Å².